The van der Waals surface area contributed by atoms with Gasteiger partial charge in [0.05, 0.1) is 6.10 Å². The summed E-state index contributed by atoms with van der Waals surface area (Å²) in [4.78, 5) is 0. The van der Waals surface area contributed by atoms with Crippen molar-refractivity contribution < 1.29 is 5.11 Å². The molecule has 3 unspecified atom stereocenters. The smallest absolute Gasteiger partial charge is 0.0608 e. The van der Waals surface area contributed by atoms with Crippen molar-refractivity contribution in [2.75, 3.05) is 0 Å². The molecular weight excluding hydrogens is 304 g/mol. The van der Waals surface area contributed by atoms with Gasteiger partial charge in [0, 0.05) is 5.92 Å². The van der Waals surface area contributed by atoms with Gasteiger partial charge in [-0.05, 0) is 52.8 Å². The van der Waals surface area contributed by atoms with Crippen LogP contribution in [-0.2, 0) is 11.8 Å². The maximum atomic E-state index is 10.5. The Labute approximate surface area is 153 Å². The quantitative estimate of drug-likeness (QED) is 0.730. The van der Waals surface area contributed by atoms with E-state index < -0.39 is 0 Å². The highest BCUT2D eigenvalue weighted by molar-refractivity contribution is 5.45. The molecule has 0 spiro atoms. The van der Waals surface area contributed by atoms with Crippen LogP contribution in [0.25, 0.3) is 0 Å². The van der Waals surface area contributed by atoms with Gasteiger partial charge in [-0.25, -0.2) is 0 Å². The Morgan fingerprint density at radius 3 is 2.32 bits per heavy atom. The number of benzene rings is 2. The molecule has 1 aliphatic carbocycles. The molecule has 0 aliphatic heterocycles. The van der Waals surface area contributed by atoms with Crippen LogP contribution >= 0.6 is 0 Å². The van der Waals surface area contributed by atoms with E-state index in [1.165, 1.54) is 22.3 Å². The van der Waals surface area contributed by atoms with Gasteiger partial charge in [-0.15, -0.1) is 0 Å². The second-order valence-electron chi connectivity index (χ2n) is 8.76. The van der Waals surface area contributed by atoms with Crippen molar-refractivity contribution in [3.05, 3.63) is 70.8 Å². The number of hydrogen-bond donors (Lipinski definition) is 1. The molecule has 0 bridgehead atoms. The van der Waals surface area contributed by atoms with Crippen molar-refractivity contribution in [2.45, 2.75) is 76.7 Å². The van der Waals surface area contributed by atoms with Crippen LogP contribution < -0.4 is 0 Å². The van der Waals surface area contributed by atoms with Crippen molar-refractivity contribution in [3.63, 3.8) is 0 Å². The van der Waals surface area contributed by atoms with Crippen molar-refractivity contribution in [1.29, 1.82) is 0 Å². The predicted octanol–water partition coefficient (Wildman–Crippen LogP) is 5.96. The van der Waals surface area contributed by atoms with Gasteiger partial charge in [0.15, 0.2) is 0 Å². The van der Waals surface area contributed by atoms with Crippen molar-refractivity contribution >= 4 is 0 Å². The van der Waals surface area contributed by atoms with E-state index in [0.29, 0.717) is 11.8 Å². The first kappa shape index (κ1) is 18.2. The molecule has 0 amide bonds. The van der Waals surface area contributed by atoms with Gasteiger partial charge >= 0.3 is 0 Å². The van der Waals surface area contributed by atoms with Gasteiger partial charge in [0.2, 0.25) is 0 Å². The lowest BCUT2D eigenvalue weighted by molar-refractivity contribution is 0.163. The summed E-state index contributed by atoms with van der Waals surface area (Å²) in [7, 11) is 0. The second-order valence-corrected chi connectivity index (χ2v) is 8.76. The largest absolute Gasteiger partial charge is 0.392 e. The zero-order valence-electron chi connectivity index (χ0n) is 16.1. The average molecular weight is 337 g/mol. The summed E-state index contributed by atoms with van der Waals surface area (Å²) in [5.74, 6) is 0.772. The number of aliphatic hydroxyl groups excluding tert-OH is 1. The zero-order chi connectivity index (χ0) is 18.0. The second kappa shape index (κ2) is 7.33. The van der Waals surface area contributed by atoms with Crippen LogP contribution in [0.3, 0.4) is 0 Å². The van der Waals surface area contributed by atoms with Crippen LogP contribution in [0.15, 0.2) is 48.5 Å². The van der Waals surface area contributed by atoms with Gasteiger partial charge in [-0.2, -0.15) is 0 Å². The SMILES string of the molecule is CC(Cc1ccccc1)c1cccc(C2CCCC2O)c1C(C)(C)C. The highest BCUT2D eigenvalue weighted by Gasteiger charge is 2.33. The monoisotopic (exact) mass is 336 g/mol. The van der Waals surface area contributed by atoms with Crippen LogP contribution in [0.4, 0.5) is 0 Å². The highest BCUT2D eigenvalue weighted by atomic mass is 16.3. The number of rotatable bonds is 4. The van der Waals surface area contributed by atoms with Crippen molar-refractivity contribution in [2.24, 2.45) is 0 Å². The lowest BCUT2D eigenvalue weighted by Gasteiger charge is -2.32. The van der Waals surface area contributed by atoms with E-state index in [1.54, 1.807) is 0 Å². The lowest BCUT2D eigenvalue weighted by atomic mass is 9.73. The van der Waals surface area contributed by atoms with Gasteiger partial charge < -0.3 is 5.11 Å². The van der Waals surface area contributed by atoms with Crippen LogP contribution in [-0.4, -0.2) is 11.2 Å². The molecule has 2 aromatic rings. The Bertz CT molecular complexity index is 696. The minimum Gasteiger partial charge on any atom is -0.392 e. The number of aliphatic hydroxyl groups is 1. The third kappa shape index (κ3) is 3.98. The van der Waals surface area contributed by atoms with E-state index in [4.69, 9.17) is 0 Å². The molecule has 3 atom stereocenters. The molecule has 0 saturated heterocycles. The Morgan fingerprint density at radius 2 is 1.72 bits per heavy atom. The van der Waals surface area contributed by atoms with E-state index >= 15 is 0 Å². The third-order valence-corrected chi connectivity index (χ3v) is 5.67. The van der Waals surface area contributed by atoms with Crippen LogP contribution in [0.2, 0.25) is 0 Å². The minimum atomic E-state index is -0.180. The molecule has 0 heterocycles. The van der Waals surface area contributed by atoms with Crippen LogP contribution in [0.5, 0.6) is 0 Å². The van der Waals surface area contributed by atoms with Gasteiger partial charge in [-0.1, -0.05) is 82.6 Å². The average Bonchev–Trinajstić information content (AvgIpc) is 3.00. The Kier molecular flexibility index (Phi) is 5.34. The Morgan fingerprint density at radius 1 is 1.00 bits per heavy atom. The molecular formula is C24H32O. The Hall–Kier alpha value is -1.60. The summed E-state index contributed by atoms with van der Waals surface area (Å²) in [6.07, 6.45) is 4.07. The van der Waals surface area contributed by atoms with E-state index in [9.17, 15) is 5.11 Å². The third-order valence-electron chi connectivity index (χ3n) is 5.67. The molecule has 2 aromatic carbocycles. The Balaban J connectivity index is 2.01. The topological polar surface area (TPSA) is 20.2 Å². The molecule has 1 aliphatic rings. The molecule has 1 saturated carbocycles. The fourth-order valence-electron chi connectivity index (χ4n) is 4.56. The molecule has 0 aromatic heterocycles. The molecule has 3 rings (SSSR count). The van der Waals surface area contributed by atoms with Gasteiger partial charge in [0.1, 0.15) is 0 Å². The summed E-state index contributed by atoms with van der Waals surface area (Å²) in [5.41, 5.74) is 5.77. The minimum absolute atomic E-state index is 0.0825. The maximum Gasteiger partial charge on any atom is 0.0608 e. The highest BCUT2D eigenvalue weighted by Crippen LogP contribution is 2.43. The van der Waals surface area contributed by atoms with Gasteiger partial charge in [0.25, 0.3) is 0 Å². The van der Waals surface area contributed by atoms with E-state index in [2.05, 4.69) is 76.2 Å². The predicted molar refractivity (Wildman–Crippen MR) is 106 cm³/mol. The molecule has 0 radical (unpaired) electrons. The molecule has 1 fully saturated rings. The summed E-state index contributed by atoms with van der Waals surface area (Å²) in [6, 6.07) is 17.5. The molecule has 1 heteroatoms. The number of hydrogen-bond acceptors (Lipinski definition) is 1. The summed E-state index contributed by atoms with van der Waals surface area (Å²) >= 11 is 0. The van der Waals surface area contributed by atoms with Crippen molar-refractivity contribution in [1.82, 2.24) is 0 Å². The first-order valence-electron chi connectivity index (χ1n) is 9.73. The fourth-order valence-corrected chi connectivity index (χ4v) is 4.56. The molecule has 134 valence electrons. The van der Waals surface area contributed by atoms with Gasteiger partial charge in [-0.3, -0.25) is 0 Å². The summed E-state index contributed by atoms with van der Waals surface area (Å²) < 4.78 is 0. The zero-order valence-corrected chi connectivity index (χ0v) is 16.1. The fraction of sp³-hybridized carbons (Fsp3) is 0.500. The molecule has 1 N–H and O–H groups in total. The van der Waals surface area contributed by atoms with E-state index in [-0.39, 0.29) is 11.5 Å². The van der Waals surface area contributed by atoms with Crippen LogP contribution in [0.1, 0.15) is 81.0 Å². The summed E-state index contributed by atoms with van der Waals surface area (Å²) in [5, 5.41) is 10.5. The van der Waals surface area contributed by atoms with Crippen LogP contribution in [0, 0.1) is 0 Å². The molecule has 1 nitrogen and oxygen atoms in total. The first-order valence-corrected chi connectivity index (χ1v) is 9.73. The molecule has 25 heavy (non-hydrogen) atoms. The standard InChI is InChI=1S/C24H32O/c1-17(16-18-10-6-5-7-11-18)19-12-8-14-21(23(19)24(2,3)4)20-13-9-15-22(20)25/h5-8,10-12,14,17,20,22,25H,9,13,15-16H2,1-4H3. The van der Waals surface area contributed by atoms with E-state index in [0.717, 1.165) is 25.7 Å². The normalized spacial score (nSPS) is 22.1. The maximum absolute atomic E-state index is 10.5. The van der Waals surface area contributed by atoms with E-state index in [1.807, 2.05) is 0 Å². The first-order chi connectivity index (χ1) is 11.9. The van der Waals surface area contributed by atoms with Crippen molar-refractivity contribution in [3.8, 4) is 0 Å². The summed E-state index contributed by atoms with van der Waals surface area (Å²) in [6.45, 7) is 9.27. The lowest BCUT2D eigenvalue weighted by Crippen LogP contribution is -2.23.